The topological polar surface area (TPSA) is 31.4 Å². The Balaban J connectivity index is 2.14. The third-order valence-corrected chi connectivity index (χ3v) is 2.14. The predicted octanol–water partition coefficient (Wildman–Crippen LogP) is 3.11. The zero-order valence-corrected chi connectivity index (χ0v) is 10.4. The van der Waals surface area contributed by atoms with Crippen molar-refractivity contribution in [3.05, 3.63) is 17.8 Å². The Hall–Kier alpha value is -1.25. The van der Waals surface area contributed by atoms with Crippen LogP contribution in [-0.2, 0) is 0 Å². The number of aryl methyl sites for hydroxylation is 1. The largest absolute Gasteiger partial charge is 0.490 e. The summed E-state index contributed by atoms with van der Waals surface area (Å²) in [5.41, 5.74) is 0.704. The van der Waals surface area contributed by atoms with Crippen molar-refractivity contribution in [3.63, 3.8) is 0 Å². The van der Waals surface area contributed by atoms with E-state index in [9.17, 15) is 0 Å². The highest BCUT2D eigenvalue weighted by Crippen LogP contribution is 2.29. The highest BCUT2D eigenvalue weighted by molar-refractivity contribution is 5.30. The van der Waals surface area contributed by atoms with Gasteiger partial charge in [-0.3, -0.25) is 0 Å². The lowest BCUT2D eigenvalue weighted by Crippen LogP contribution is -2.23. The fourth-order valence-corrected chi connectivity index (χ4v) is 1.42. The lowest BCUT2D eigenvalue weighted by Gasteiger charge is -2.21. The molecule has 0 radical (unpaired) electrons. The minimum Gasteiger partial charge on any atom is -0.490 e. The van der Waals surface area contributed by atoms with Crippen molar-refractivity contribution >= 4 is 0 Å². The fourth-order valence-electron chi connectivity index (χ4n) is 1.42. The molecule has 1 aliphatic rings. The Kier molecular flexibility index (Phi) is 2.78. The Morgan fingerprint density at radius 3 is 2.50 bits per heavy atom. The van der Waals surface area contributed by atoms with E-state index in [2.05, 4.69) is 4.98 Å². The van der Waals surface area contributed by atoms with E-state index in [1.165, 1.54) is 0 Å². The van der Waals surface area contributed by atoms with Gasteiger partial charge < -0.3 is 9.47 Å². The minimum absolute atomic E-state index is 0.225. The monoisotopic (exact) mass is 221 g/mol. The molecule has 1 saturated carbocycles. The smallest absolute Gasteiger partial charge is 0.217 e. The molecule has 0 N–H and O–H groups in total. The van der Waals surface area contributed by atoms with Crippen LogP contribution in [0, 0.1) is 6.92 Å². The van der Waals surface area contributed by atoms with Gasteiger partial charge in [-0.1, -0.05) is 0 Å². The number of pyridine rings is 1. The standard InChI is InChI=1S/C13H19NO2/c1-9-7-11(15-10-5-6-10)8-12(14-9)16-13(2,3)4/h7-8,10H,5-6H2,1-4H3. The van der Waals surface area contributed by atoms with E-state index in [1.807, 2.05) is 39.8 Å². The van der Waals surface area contributed by atoms with Crippen LogP contribution in [0.2, 0.25) is 0 Å². The summed E-state index contributed by atoms with van der Waals surface area (Å²) < 4.78 is 11.5. The summed E-state index contributed by atoms with van der Waals surface area (Å²) >= 11 is 0. The summed E-state index contributed by atoms with van der Waals surface area (Å²) in [6.45, 7) is 7.99. The van der Waals surface area contributed by atoms with Gasteiger partial charge in [0.1, 0.15) is 11.4 Å². The number of hydrogen-bond acceptors (Lipinski definition) is 3. The van der Waals surface area contributed by atoms with Crippen LogP contribution >= 0.6 is 0 Å². The molecule has 1 heterocycles. The molecule has 0 unspecified atom stereocenters. The number of nitrogens with zero attached hydrogens (tertiary/aromatic N) is 1. The molecule has 0 bridgehead atoms. The van der Waals surface area contributed by atoms with Crippen molar-refractivity contribution in [1.82, 2.24) is 4.98 Å². The molecule has 3 heteroatoms. The van der Waals surface area contributed by atoms with Gasteiger partial charge in [0.2, 0.25) is 5.88 Å². The summed E-state index contributed by atoms with van der Waals surface area (Å²) in [5, 5.41) is 0. The van der Waals surface area contributed by atoms with Crippen LogP contribution in [0.1, 0.15) is 39.3 Å². The second-order valence-electron chi connectivity index (χ2n) is 5.31. The fraction of sp³-hybridized carbons (Fsp3) is 0.615. The summed E-state index contributed by atoms with van der Waals surface area (Å²) in [6, 6.07) is 3.82. The summed E-state index contributed by atoms with van der Waals surface area (Å²) in [5.74, 6) is 1.51. The number of aromatic nitrogens is 1. The molecule has 3 nitrogen and oxygen atoms in total. The van der Waals surface area contributed by atoms with Gasteiger partial charge in [-0.15, -0.1) is 0 Å². The molecule has 1 fully saturated rings. The van der Waals surface area contributed by atoms with Crippen molar-refractivity contribution in [2.75, 3.05) is 0 Å². The Morgan fingerprint density at radius 1 is 1.25 bits per heavy atom. The van der Waals surface area contributed by atoms with E-state index < -0.39 is 0 Å². The molecule has 0 aromatic carbocycles. The van der Waals surface area contributed by atoms with Crippen molar-refractivity contribution in [1.29, 1.82) is 0 Å². The summed E-state index contributed by atoms with van der Waals surface area (Å²) in [7, 11) is 0. The van der Waals surface area contributed by atoms with E-state index >= 15 is 0 Å². The van der Waals surface area contributed by atoms with Gasteiger partial charge in [-0.2, -0.15) is 0 Å². The second kappa shape index (κ2) is 3.96. The zero-order valence-electron chi connectivity index (χ0n) is 10.4. The Bertz CT molecular complexity index is 378. The van der Waals surface area contributed by atoms with Crippen molar-refractivity contribution in [2.45, 2.75) is 52.2 Å². The van der Waals surface area contributed by atoms with Crippen LogP contribution in [0.4, 0.5) is 0 Å². The quantitative estimate of drug-likeness (QED) is 0.786. The molecule has 1 aliphatic carbocycles. The van der Waals surface area contributed by atoms with E-state index in [0.717, 1.165) is 24.3 Å². The SMILES string of the molecule is Cc1cc(OC2CC2)cc(OC(C)(C)C)n1. The first kappa shape index (κ1) is 11.2. The minimum atomic E-state index is -0.225. The van der Waals surface area contributed by atoms with Gasteiger partial charge in [-0.25, -0.2) is 4.98 Å². The maximum Gasteiger partial charge on any atom is 0.217 e. The van der Waals surface area contributed by atoms with E-state index in [4.69, 9.17) is 9.47 Å². The molecule has 1 aromatic rings. The number of hydrogen-bond donors (Lipinski definition) is 0. The molecule has 1 aromatic heterocycles. The number of rotatable bonds is 3. The molecule has 0 saturated heterocycles. The normalized spacial score (nSPS) is 16.0. The highest BCUT2D eigenvalue weighted by atomic mass is 16.5. The van der Waals surface area contributed by atoms with Gasteiger partial charge in [0.05, 0.1) is 6.10 Å². The van der Waals surface area contributed by atoms with E-state index in [-0.39, 0.29) is 5.60 Å². The lowest BCUT2D eigenvalue weighted by atomic mass is 10.2. The van der Waals surface area contributed by atoms with E-state index in [0.29, 0.717) is 12.0 Å². The lowest BCUT2D eigenvalue weighted by molar-refractivity contribution is 0.123. The Labute approximate surface area is 96.8 Å². The molecule has 2 rings (SSSR count). The maximum atomic E-state index is 5.74. The van der Waals surface area contributed by atoms with Crippen molar-refractivity contribution in [3.8, 4) is 11.6 Å². The number of ether oxygens (including phenoxy) is 2. The van der Waals surface area contributed by atoms with Gasteiger partial charge in [0.25, 0.3) is 0 Å². The first-order valence-corrected chi connectivity index (χ1v) is 5.77. The third kappa shape index (κ3) is 3.40. The third-order valence-electron chi connectivity index (χ3n) is 2.14. The van der Waals surface area contributed by atoms with Gasteiger partial charge in [0.15, 0.2) is 0 Å². The average Bonchev–Trinajstić information content (AvgIpc) is 2.82. The first-order valence-electron chi connectivity index (χ1n) is 5.77. The van der Waals surface area contributed by atoms with Crippen molar-refractivity contribution < 1.29 is 9.47 Å². The molecular formula is C13H19NO2. The highest BCUT2D eigenvalue weighted by Gasteiger charge is 2.24. The van der Waals surface area contributed by atoms with Crippen LogP contribution in [0.3, 0.4) is 0 Å². The molecule has 0 spiro atoms. The Morgan fingerprint density at radius 2 is 1.94 bits per heavy atom. The van der Waals surface area contributed by atoms with Crippen LogP contribution in [0.5, 0.6) is 11.6 Å². The van der Waals surface area contributed by atoms with Crippen LogP contribution < -0.4 is 9.47 Å². The van der Waals surface area contributed by atoms with Crippen LogP contribution in [0.15, 0.2) is 12.1 Å². The van der Waals surface area contributed by atoms with Gasteiger partial charge in [-0.05, 0) is 40.5 Å². The van der Waals surface area contributed by atoms with Gasteiger partial charge in [0, 0.05) is 17.8 Å². The molecule has 88 valence electrons. The predicted molar refractivity (Wildman–Crippen MR) is 63.0 cm³/mol. The van der Waals surface area contributed by atoms with E-state index in [1.54, 1.807) is 0 Å². The zero-order chi connectivity index (χ0) is 11.8. The molecular weight excluding hydrogens is 202 g/mol. The summed E-state index contributed by atoms with van der Waals surface area (Å²) in [4.78, 5) is 4.34. The first-order chi connectivity index (χ1) is 7.42. The molecule has 0 atom stereocenters. The van der Waals surface area contributed by atoms with Crippen LogP contribution in [-0.4, -0.2) is 16.7 Å². The second-order valence-corrected chi connectivity index (χ2v) is 5.31. The maximum absolute atomic E-state index is 5.74. The molecule has 0 amide bonds. The molecule has 0 aliphatic heterocycles. The van der Waals surface area contributed by atoms with Gasteiger partial charge >= 0.3 is 0 Å². The van der Waals surface area contributed by atoms with Crippen LogP contribution in [0.25, 0.3) is 0 Å². The average molecular weight is 221 g/mol. The summed E-state index contributed by atoms with van der Waals surface area (Å²) in [6.07, 6.45) is 2.73. The van der Waals surface area contributed by atoms with Crippen molar-refractivity contribution in [2.24, 2.45) is 0 Å². The molecule has 16 heavy (non-hydrogen) atoms.